The minimum absolute atomic E-state index is 0.00549. The molecular weight excluding hydrogens is 1430 g/mol. The van der Waals surface area contributed by atoms with Gasteiger partial charge in [-0.3, -0.25) is 57.5 Å². The minimum Gasteiger partial charge on any atom is -0.396 e. The molecule has 3 saturated heterocycles. The topological polar surface area (TPSA) is 480 Å². The van der Waals surface area contributed by atoms with Gasteiger partial charge in [-0.15, -0.1) is 0 Å². The number of nitrogens with one attached hydrogen (secondary N) is 12. The number of hydrogen-bond donors (Lipinski definition) is 18. The zero-order valence-electron chi connectivity index (χ0n) is 63.8. The Morgan fingerprint density at radius 3 is 1.60 bits per heavy atom. The third-order valence-corrected chi connectivity index (χ3v) is 23.9. The van der Waals surface area contributed by atoms with Crippen molar-refractivity contribution in [2.75, 3.05) is 37.7 Å². The molecule has 108 heavy (non-hydrogen) atoms. The van der Waals surface area contributed by atoms with Crippen molar-refractivity contribution in [1.29, 1.82) is 0 Å². The van der Waals surface area contributed by atoms with Gasteiger partial charge in [0.25, 0.3) is 0 Å². The molecule has 19 N–H and O–H groups in total. The van der Waals surface area contributed by atoms with Gasteiger partial charge in [0.05, 0.1) is 30.6 Å². The largest absolute Gasteiger partial charge is 0.396 e. The highest BCUT2D eigenvalue weighted by Crippen LogP contribution is 2.34. The van der Waals surface area contributed by atoms with Crippen LogP contribution in [0.5, 0.6) is 0 Å². The highest BCUT2D eigenvalue weighted by molar-refractivity contribution is 7.98. The summed E-state index contributed by atoms with van der Waals surface area (Å²) >= 11 is 2.77. The predicted octanol–water partition coefficient (Wildman–Crippen LogP) is -0.511. The molecule has 2 aliphatic carbocycles. The smallest absolute Gasteiger partial charge is 0.245 e. The number of nitrogens with two attached hydrogens (primary N) is 1. The Labute approximate surface area is 642 Å². The van der Waals surface area contributed by atoms with Crippen molar-refractivity contribution >= 4 is 94.4 Å². The summed E-state index contributed by atoms with van der Waals surface area (Å²) in [6, 6.07) is -7.47. The minimum atomic E-state index is -1.69. The summed E-state index contributed by atoms with van der Waals surface area (Å²) in [7, 11) is 0. The van der Waals surface area contributed by atoms with E-state index in [-0.39, 0.29) is 93.5 Å². The summed E-state index contributed by atoms with van der Waals surface area (Å²) < 4.78 is 0. The fraction of sp³-hybridized carbons (Fsp3) is 0.760. The maximum atomic E-state index is 15.1. The summed E-state index contributed by atoms with van der Waals surface area (Å²) in [5.74, 6) is -8.72. The first-order valence-corrected chi connectivity index (χ1v) is 41.3. The number of benzene rings is 1. The van der Waals surface area contributed by atoms with Crippen molar-refractivity contribution in [2.45, 2.75) is 292 Å². The summed E-state index contributed by atoms with van der Waals surface area (Å²) in [5.41, 5.74) is 6.74. The molecule has 1 aromatic carbocycles. The molecule has 16 atom stereocenters. The molecule has 7 rings (SSSR count). The van der Waals surface area contributed by atoms with E-state index in [2.05, 4.69) is 63.8 Å². The van der Waals surface area contributed by atoms with Crippen LogP contribution in [0.4, 0.5) is 0 Å². The quantitative estimate of drug-likeness (QED) is 0.105. The van der Waals surface area contributed by atoms with E-state index in [1.165, 1.54) is 42.3 Å². The van der Waals surface area contributed by atoms with Gasteiger partial charge < -0.3 is 100.0 Å². The Balaban J connectivity index is 1.19. The highest BCUT2D eigenvalue weighted by Gasteiger charge is 2.46. The Hall–Kier alpha value is -6.72. The van der Waals surface area contributed by atoms with E-state index in [0.717, 1.165) is 30.5 Å². The summed E-state index contributed by atoms with van der Waals surface area (Å²) in [6.07, 6.45) is 2.26. The maximum absolute atomic E-state index is 15.1. The second kappa shape index (κ2) is 43.2. The maximum Gasteiger partial charge on any atom is 0.245 e. The Morgan fingerprint density at radius 2 is 1.06 bits per heavy atom. The zero-order valence-corrected chi connectivity index (χ0v) is 65.5. The Bertz CT molecular complexity index is 3210. The highest BCUT2D eigenvalue weighted by atomic mass is 32.2. The van der Waals surface area contributed by atoms with Crippen LogP contribution in [0.3, 0.4) is 0 Å². The third kappa shape index (κ3) is 26.8. The molecule has 12 amide bonds. The molecule has 2 saturated carbocycles. The number of aliphatic hydroxyl groups excluding tert-OH is 5. The van der Waals surface area contributed by atoms with Gasteiger partial charge in [-0.2, -0.15) is 23.5 Å². The van der Waals surface area contributed by atoms with Crippen LogP contribution in [0.2, 0.25) is 0 Å². The van der Waals surface area contributed by atoms with E-state index in [9.17, 15) is 73.5 Å². The number of thioether (sulfide) groups is 2. The van der Waals surface area contributed by atoms with E-state index in [1.54, 1.807) is 34.6 Å². The molecule has 33 heteroatoms. The van der Waals surface area contributed by atoms with Crippen LogP contribution in [-0.2, 0) is 69.0 Å². The van der Waals surface area contributed by atoms with E-state index in [4.69, 9.17) is 5.73 Å². The number of aliphatic hydroxyl groups is 5. The van der Waals surface area contributed by atoms with E-state index in [1.807, 2.05) is 24.3 Å². The fourth-order valence-electron chi connectivity index (χ4n) is 15.5. The van der Waals surface area contributed by atoms with Crippen LogP contribution in [-0.4, -0.2) is 236 Å². The lowest BCUT2D eigenvalue weighted by Crippen LogP contribution is -2.62. The van der Waals surface area contributed by atoms with Crippen molar-refractivity contribution in [1.82, 2.24) is 68.7 Å². The molecule has 6 aliphatic rings. The van der Waals surface area contributed by atoms with Crippen molar-refractivity contribution in [3.8, 4) is 0 Å². The number of primary amides is 1. The molecule has 2 bridgehead atoms. The first kappa shape index (κ1) is 88.5. The van der Waals surface area contributed by atoms with Crippen molar-refractivity contribution in [3.63, 3.8) is 0 Å². The van der Waals surface area contributed by atoms with Crippen molar-refractivity contribution < 1.29 is 83.1 Å². The second-order valence-corrected chi connectivity index (χ2v) is 33.7. The number of hydrogen-bond acceptors (Lipinski definition) is 21. The average Bonchev–Trinajstić information content (AvgIpc) is 1.70. The molecule has 606 valence electrons. The van der Waals surface area contributed by atoms with Crippen LogP contribution in [0.1, 0.15) is 194 Å². The van der Waals surface area contributed by atoms with Crippen LogP contribution in [0.25, 0.3) is 0 Å². The first-order chi connectivity index (χ1) is 51.4. The lowest BCUT2D eigenvalue weighted by Gasteiger charge is -2.35. The fourth-order valence-corrected chi connectivity index (χ4v) is 17.4. The van der Waals surface area contributed by atoms with Crippen LogP contribution in [0, 0.1) is 29.1 Å². The molecular formula is C75H122N14O17S2. The first-order valence-electron chi connectivity index (χ1n) is 39.0. The summed E-state index contributed by atoms with van der Waals surface area (Å²) in [6.45, 7) is 12.1. The van der Waals surface area contributed by atoms with E-state index >= 15 is 9.59 Å². The van der Waals surface area contributed by atoms with Gasteiger partial charge in [-0.05, 0) is 183 Å². The van der Waals surface area contributed by atoms with Gasteiger partial charge in [0.2, 0.25) is 70.9 Å². The number of carbonyl (C=O) groups is 12. The van der Waals surface area contributed by atoms with Crippen molar-refractivity contribution in [2.24, 2.45) is 34.8 Å². The molecule has 0 spiro atoms. The summed E-state index contributed by atoms with van der Waals surface area (Å²) in [4.78, 5) is 175. The van der Waals surface area contributed by atoms with Crippen LogP contribution < -0.4 is 69.5 Å². The lowest BCUT2D eigenvalue weighted by atomic mass is 9.82. The van der Waals surface area contributed by atoms with Gasteiger partial charge in [-0.25, -0.2) is 0 Å². The van der Waals surface area contributed by atoms with Gasteiger partial charge in [0.1, 0.15) is 66.5 Å². The number of fused-ring (bicyclic) bond motifs is 4. The van der Waals surface area contributed by atoms with Crippen LogP contribution >= 0.6 is 23.5 Å². The van der Waals surface area contributed by atoms with Crippen LogP contribution in [0.15, 0.2) is 24.3 Å². The number of carbonyl (C=O) groups excluding carboxylic acids is 12. The molecule has 3 unspecified atom stereocenters. The lowest BCUT2D eigenvalue weighted by molar-refractivity contribution is -0.144. The molecule has 5 fully saturated rings. The second-order valence-electron chi connectivity index (χ2n) is 31.5. The van der Waals surface area contributed by atoms with E-state index < -0.39 is 174 Å². The molecule has 4 heterocycles. The third-order valence-electron chi connectivity index (χ3n) is 21.7. The van der Waals surface area contributed by atoms with Gasteiger partial charge in [0.15, 0.2) is 0 Å². The molecule has 4 aliphatic heterocycles. The number of nitrogens with zero attached hydrogens (tertiary/aromatic N) is 1. The molecule has 0 radical (unpaired) electrons. The SMILES string of the molecule is CCC[C@@H]1NC(=O)[C@H](CC2CNC3NCCCC23)NC(=O)[C@H]([C@@H](C)O)NC(=O)[C@@H]2CCCN2C(=O)[C@H](CC2CCC(O)CC2)NC(=O)[C@H](C(C)(C)C)NC(=O)CCSCc2cccc(c2)CSC[C@@H](C(N)=O)NC(=O)[C@H]([C@@H](C)O)NC(=O)[C@H](CCC)NC(=O)[C@H](CC2CCC(O)CC2)NC(=O)[C@H](CCO)NC1=O. The number of rotatable bonds is 15. The molecule has 1 aromatic rings. The van der Waals surface area contributed by atoms with Crippen molar-refractivity contribution in [3.05, 3.63) is 35.4 Å². The Morgan fingerprint density at radius 1 is 0.565 bits per heavy atom. The van der Waals surface area contributed by atoms with Gasteiger partial charge >= 0.3 is 0 Å². The normalized spacial score (nSPS) is 32.6. The van der Waals surface area contributed by atoms with E-state index in [0.29, 0.717) is 94.4 Å². The number of amides is 12. The monoisotopic (exact) mass is 1550 g/mol. The average molecular weight is 1560 g/mol. The van der Waals surface area contributed by atoms with Gasteiger partial charge in [0, 0.05) is 42.6 Å². The standard InChI is InChI=1S/C75H122N14O17S2/c1-8-13-51-65(97)81-53(27-31-90)66(98)82-54(34-43-19-23-48(93)24-20-43)68(100)80-52(14-9-2)67(99)87-60(41(3)91)72(104)85-57(63(76)96)40-108-39-46-16-10-15-45(33-46)38-107-32-28-59(95)86-62(75(5,6)7)73(105)84-56(35-44-21-25-49(94)26-22-44)74(106)89-30-12-18-58(89)70(102)88-61(42(4)92)71(103)83-55(69(101)79-51)36-47-37-78-64-50(47)17-11-29-77-64/h10,15-16,33,41-44,47-58,60-62,64,77-78,90-94H,8-9,11-14,17-32,34-40H2,1-7H3,(H2,76,96)(H,79,101)(H,80,100)(H,81,97)(H,82,98)(H,83,103)(H,84,105)(H,85,104)(H,86,95)(H,87,99)(H,88,102)/t41-,42-,43?,44?,47?,48?,49?,50?,51+,52+,53+,54+,55+,56+,57+,58+,60+,61+,62-,64?/m1/s1. The Kier molecular flexibility index (Phi) is 35.4. The molecule has 31 nitrogen and oxygen atoms in total. The molecule has 0 aromatic heterocycles. The number of piperidine rings is 1. The zero-order chi connectivity index (χ0) is 78.9. The van der Waals surface area contributed by atoms with Gasteiger partial charge in [-0.1, -0.05) is 71.7 Å². The predicted molar refractivity (Wildman–Crippen MR) is 407 cm³/mol. The summed E-state index contributed by atoms with van der Waals surface area (Å²) in [5, 5.41) is 87.9.